The van der Waals surface area contributed by atoms with E-state index in [1.807, 2.05) is 0 Å². The van der Waals surface area contributed by atoms with E-state index in [4.69, 9.17) is 11.6 Å². The number of alkyl halides is 1. The van der Waals surface area contributed by atoms with Gasteiger partial charge in [-0.05, 0) is 23.9 Å². The third-order valence-corrected chi connectivity index (χ3v) is 2.50. The van der Waals surface area contributed by atoms with Gasteiger partial charge in [-0.15, -0.1) is 0 Å². The molecule has 0 saturated heterocycles. The summed E-state index contributed by atoms with van der Waals surface area (Å²) in [4.78, 5) is 10.3. The summed E-state index contributed by atoms with van der Waals surface area (Å²) in [7, 11) is 0. The number of hydrogen-bond donors (Lipinski definition) is 0. The van der Waals surface area contributed by atoms with Crippen molar-refractivity contribution in [2.24, 2.45) is 5.92 Å². The second-order valence-electron chi connectivity index (χ2n) is 3.16. The van der Waals surface area contributed by atoms with Crippen molar-refractivity contribution in [3.63, 3.8) is 0 Å². The maximum absolute atomic E-state index is 12.7. The first-order valence-electron chi connectivity index (χ1n) is 4.03. The van der Waals surface area contributed by atoms with Gasteiger partial charge in [0.1, 0.15) is 0 Å². The molecule has 0 heterocycles. The summed E-state index contributed by atoms with van der Waals surface area (Å²) < 4.78 is 12.7. The van der Waals surface area contributed by atoms with E-state index >= 15 is 0 Å². The molecule has 3 heteroatoms. The predicted octanol–water partition coefficient (Wildman–Crippen LogP) is 2.67. The Morgan fingerprint density at radius 3 is 2.55 bits per heavy atom. The Kier molecular flexibility index (Phi) is 3.31. The van der Waals surface area contributed by atoms with Gasteiger partial charge in [0.25, 0.3) is 5.24 Å². The molecule has 1 unspecified atom stereocenters. The van der Waals surface area contributed by atoms with Crippen LogP contribution in [0.3, 0.4) is 0 Å². The van der Waals surface area contributed by atoms with E-state index in [1.54, 1.807) is 0 Å². The lowest BCUT2D eigenvalue weighted by molar-refractivity contribution is -0.116. The molecule has 11 heavy (non-hydrogen) atoms. The van der Waals surface area contributed by atoms with Crippen LogP contribution in [0.25, 0.3) is 0 Å². The molecule has 0 N–H and O–H groups in total. The molecule has 1 atom stereocenters. The molecule has 1 fully saturated rings. The molecule has 0 spiro atoms. The largest absolute Gasteiger partial charge is 0.278 e. The van der Waals surface area contributed by atoms with Crippen molar-refractivity contribution < 1.29 is 9.18 Å². The first-order valence-corrected chi connectivity index (χ1v) is 4.41. The van der Waals surface area contributed by atoms with E-state index in [-0.39, 0.29) is 0 Å². The smallest absolute Gasteiger partial charge is 0.255 e. The quantitative estimate of drug-likeness (QED) is 0.608. The monoisotopic (exact) mass is 178 g/mol. The summed E-state index contributed by atoms with van der Waals surface area (Å²) in [6, 6.07) is 0. The van der Waals surface area contributed by atoms with Gasteiger partial charge in [-0.2, -0.15) is 0 Å². The summed E-state index contributed by atoms with van der Waals surface area (Å²) in [6.07, 6.45) is 3.37. The zero-order valence-electron chi connectivity index (χ0n) is 6.35. The van der Waals surface area contributed by atoms with Crippen LogP contribution in [0.4, 0.5) is 4.39 Å². The lowest BCUT2D eigenvalue weighted by Gasteiger charge is -2.08. The maximum atomic E-state index is 12.7. The minimum absolute atomic E-state index is 0.336. The van der Waals surface area contributed by atoms with E-state index in [1.165, 1.54) is 12.8 Å². The fourth-order valence-electron chi connectivity index (χ4n) is 1.63. The topological polar surface area (TPSA) is 17.1 Å². The molecule has 1 saturated carbocycles. The molecule has 0 aromatic rings. The van der Waals surface area contributed by atoms with Crippen molar-refractivity contribution in [3.8, 4) is 0 Å². The summed E-state index contributed by atoms with van der Waals surface area (Å²) >= 11 is 4.99. The fraction of sp³-hybridized carbons (Fsp3) is 0.875. The Balaban J connectivity index is 2.23. The van der Waals surface area contributed by atoms with Crippen LogP contribution in [-0.2, 0) is 4.79 Å². The average molecular weight is 179 g/mol. The summed E-state index contributed by atoms with van der Waals surface area (Å²) in [5.74, 6) is 0.396. The number of rotatable bonds is 3. The van der Waals surface area contributed by atoms with Crippen LogP contribution in [-0.4, -0.2) is 11.4 Å². The Bertz CT molecular complexity index is 143. The minimum Gasteiger partial charge on any atom is -0.278 e. The van der Waals surface area contributed by atoms with E-state index in [2.05, 4.69) is 0 Å². The van der Waals surface area contributed by atoms with Crippen molar-refractivity contribution in [2.75, 3.05) is 0 Å². The lowest BCUT2D eigenvalue weighted by atomic mass is 10.0. The lowest BCUT2D eigenvalue weighted by Crippen LogP contribution is -2.13. The third-order valence-electron chi connectivity index (χ3n) is 2.26. The predicted molar refractivity (Wildman–Crippen MR) is 42.3 cm³/mol. The van der Waals surface area contributed by atoms with Crippen molar-refractivity contribution in [1.29, 1.82) is 0 Å². The van der Waals surface area contributed by atoms with Gasteiger partial charge in [0.15, 0.2) is 6.17 Å². The average Bonchev–Trinajstić information content (AvgIpc) is 2.39. The first-order chi connectivity index (χ1) is 5.20. The van der Waals surface area contributed by atoms with E-state index in [9.17, 15) is 9.18 Å². The second-order valence-corrected chi connectivity index (χ2v) is 3.53. The molecule has 1 aliphatic carbocycles. The van der Waals surface area contributed by atoms with Crippen molar-refractivity contribution in [2.45, 2.75) is 38.3 Å². The molecule has 1 rings (SSSR count). The van der Waals surface area contributed by atoms with Crippen LogP contribution in [0, 0.1) is 5.92 Å². The molecule has 1 nitrogen and oxygen atoms in total. The minimum atomic E-state index is -1.43. The summed E-state index contributed by atoms with van der Waals surface area (Å²) in [6.45, 7) is 0. The van der Waals surface area contributed by atoms with Crippen LogP contribution >= 0.6 is 11.6 Å². The Morgan fingerprint density at radius 1 is 1.55 bits per heavy atom. The number of carbonyl (C=O) groups is 1. The molecule has 64 valence electrons. The third kappa shape index (κ3) is 2.78. The summed E-state index contributed by atoms with van der Waals surface area (Å²) in [5, 5.41) is -0.836. The normalized spacial score (nSPS) is 22.0. The van der Waals surface area contributed by atoms with E-state index in [0.29, 0.717) is 12.3 Å². The zero-order valence-corrected chi connectivity index (χ0v) is 7.11. The molecular weight excluding hydrogens is 167 g/mol. The summed E-state index contributed by atoms with van der Waals surface area (Å²) in [5.41, 5.74) is 0. The fourth-order valence-corrected chi connectivity index (χ4v) is 1.72. The second kappa shape index (κ2) is 4.05. The Labute approximate surface area is 70.9 Å². The van der Waals surface area contributed by atoms with Crippen LogP contribution in [0.15, 0.2) is 0 Å². The van der Waals surface area contributed by atoms with E-state index in [0.717, 1.165) is 12.8 Å². The van der Waals surface area contributed by atoms with Crippen molar-refractivity contribution in [1.82, 2.24) is 0 Å². The molecule has 0 bridgehead atoms. The zero-order chi connectivity index (χ0) is 8.27. The van der Waals surface area contributed by atoms with Crippen molar-refractivity contribution in [3.05, 3.63) is 0 Å². The first kappa shape index (κ1) is 8.98. The van der Waals surface area contributed by atoms with Crippen LogP contribution in [0.2, 0.25) is 0 Å². The number of carbonyl (C=O) groups excluding carboxylic acids is 1. The van der Waals surface area contributed by atoms with Gasteiger partial charge >= 0.3 is 0 Å². The molecule has 0 aromatic heterocycles. The SMILES string of the molecule is O=C(Cl)C(F)CC1CCCC1. The highest BCUT2D eigenvalue weighted by atomic mass is 35.5. The van der Waals surface area contributed by atoms with Gasteiger partial charge in [-0.25, -0.2) is 4.39 Å². The van der Waals surface area contributed by atoms with Gasteiger partial charge in [-0.3, -0.25) is 4.79 Å². The van der Waals surface area contributed by atoms with Gasteiger partial charge in [-0.1, -0.05) is 25.7 Å². The van der Waals surface area contributed by atoms with Crippen molar-refractivity contribution >= 4 is 16.8 Å². The molecule has 0 aromatic carbocycles. The van der Waals surface area contributed by atoms with Gasteiger partial charge in [0.05, 0.1) is 0 Å². The van der Waals surface area contributed by atoms with Gasteiger partial charge < -0.3 is 0 Å². The maximum Gasteiger partial charge on any atom is 0.255 e. The van der Waals surface area contributed by atoms with Crippen LogP contribution in [0.1, 0.15) is 32.1 Å². The highest BCUT2D eigenvalue weighted by molar-refractivity contribution is 6.64. The standard InChI is InChI=1S/C8H12ClFO/c9-8(11)7(10)5-6-3-1-2-4-6/h6-7H,1-5H2. The van der Waals surface area contributed by atoms with Gasteiger partial charge in [0.2, 0.25) is 0 Å². The molecule has 0 radical (unpaired) electrons. The highest BCUT2D eigenvalue weighted by Crippen LogP contribution is 2.29. The van der Waals surface area contributed by atoms with Gasteiger partial charge in [0, 0.05) is 0 Å². The number of halogens is 2. The van der Waals surface area contributed by atoms with Crippen LogP contribution < -0.4 is 0 Å². The molecule has 0 aliphatic heterocycles. The molecule has 1 aliphatic rings. The van der Waals surface area contributed by atoms with Crippen LogP contribution in [0.5, 0.6) is 0 Å². The Hall–Kier alpha value is -0.110. The highest BCUT2D eigenvalue weighted by Gasteiger charge is 2.23. The van der Waals surface area contributed by atoms with E-state index < -0.39 is 11.4 Å². The molecule has 0 amide bonds. The number of hydrogen-bond acceptors (Lipinski definition) is 1. The molecular formula is C8H12ClFO. The Morgan fingerprint density at radius 2 is 2.09 bits per heavy atom.